The third-order valence-electron chi connectivity index (χ3n) is 3.14. The summed E-state index contributed by atoms with van der Waals surface area (Å²) in [5.74, 6) is 0. The first-order chi connectivity index (χ1) is 12.0. The highest BCUT2D eigenvalue weighted by Crippen LogP contribution is 2.30. The summed E-state index contributed by atoms with van der Waals surface area (Å²) in [6.07, 6.45) is -2.62. The van der Waals surface area contributed by atoms with Gasteiger partial charge < -0.3 is 29.7 Å². The van der Waals surface area contributed by atoms with Crippen LogP contribution in [-0.4, -0.2) is 85.4 Å². The van der Waals surface area contributed by atoms with Gasteiger partial charge in [0, 0.05) is 23.5 Å². The van der Waals surface area contributed by atoms with E-state index in [2.05, 4.69) is 9.44 Å². The number of oxime groups is 1. The molecular formula is C12H20NO10S3-. The van der Waals surface area contributed by atoms with Gasteiger partial charge in [-0.15, -0.1) is 0 Å². The van der Waals surface area contributed by atoms with E-state index < -0.39 is 57.7 Å². The maximum absolute atomic E-state index is 11.0. The van der Waals surface area contributed by atoms with Gasteiger partial charge in [0.1, 0.15) is 34.9 Å². The normalized spacial score (nSPS) is 31.9. The third-order valence-corrected chi connectivity index (χ3v) is 5.15. The standard InChI is InChI=1S/C12H21NO10S3/c1-25(18)5-3-2-4-8(13-23-26(19,20)21)24-12-11(17)10(16)9(15)7(6-14)22-12/h3,5,7,9-12,14-17H,2,4,6H2,1H3,(H,19,20,21)/p-1/b5-3+,13-8-/t7?,9-,10+,11?,12+,25-/m1/s1. The van der Waals surface area contributed by atoms with Crippen LogP contribution in [0.3, 0.4) is 0 Å². The molecule has 0 radical (unpaired) electrons. The highest BCUT2D eigenvalue weighted by Gasteiger charge is 2.44. The van der Waals surface area contributed by atoms with Crippen molar-refractivity contribution in [1.82, 2.24) is 0 Å². The van der Waals surface area contributed by atoms with Crippen molar-refractivity contribution in [1.29, 1.82) is 0 Å². The zero-order valence-electron chi connectivity index (χ0n) is 13.6. The Bertz CT molecular complexity index is 635. The molecule has 6 atom stereocenters. The monoisotopic (exact) mass is 434 g/mol. The van der Waals surface area contributed by atoms with Gasteiger partial charge in [-0.25, -0.2) is 0 Å². The molecular weight excluding hydrogens is 414 g/mol. The summed E-state index contributed by atoms with van der Waals surface area (Å²) in [6.45, 7) is -0.634. The molecule has 0 saturated carbocycles. The van der Waals surface area contributed by atoms with Crippen molar-refractivity contribution in [2.75, 3.05) is 12.9 Å². The summed E-state index contributed by atoms with van der Waals surface area (Å²) in [4.78, 5) is 0. The molecule has 14 heteroatoms. The predicted octanol–water partition coefficient (Wildman–Crippen LogP) is -2.02. The number of hydrogen-bond donors (Lipinski definition) is 4. The van der Waals surface area contributed by atoms with Crippen LogP contribution in [0.1, 0.15) is 12.8 Å². The summed E-state index contributed by atoms with van der Waals surface area (Å²) in [5.41, 5.74) is -1.22. The Hall–Kier alpha value is -0.580. The van der Waals surface area contributed by atoms with Gasteiger partial charge in [0.15, 0.2) is 0 Å². The fourth-order valence-electron chi connectivity index (χ4n) is 1.92. The molecule has 0 bridgehead atoms. The minimum absolute atomic E-state index is 0.0446. The van der Waals surface area contributed by atoms with Crippen LogP contribution in [0.2, 0.25) is 0 Å². The van der Waals surface area contributed by atoms with Crippen LogP contribution in [0.4, 0.5) is 0 Å². The van der Waals surface area contributed by atoms with Crippen LogP contribution < -0.4 is 0 Å². The third kappa shape index (κ3) is 7.98. The van der Waals surface area contributed by atoms with Crippen LogP contribution >= 0.6 is 11.8 Å². The second-order valence-corrected chi connectivity index (χ2v) is 8.60. The Balaban J connectivity index is 2.87. The Morgan fingerprint density at radius 2 is 2.00 bits per heavy atom. The Morgan fingerprint density at radius 1 is 1.35 bits per heavy atom. The summed E-state index contributed by atoms with van der Waals surface area (Å²) < 4.78 is 51.8. The van der Waals surface area contributed by atoms with Gasteiger partial charge in [0.25, 0.3) is 10.4 Å². The van der Waals surface area contributed by atoms with E-state index in [-0.39, 0.29) is 17.9 Å². The molecule has 1 fully saturated rings. The molecule has 0 spiro atoms. The number of thioether (sulfide) groups is 1. The van der Waals surface area contributed by atoms with Gasteiger partial charge in [-0.05, 0) is 11.8 Å². The van der Waals surface area contributed by atoms with Crippen LogP contribution in [0, 0.1) is 0 Å². The first kappa shape index (κ1) is 23.5. The number of rotatable bonds is 8. The van der Waals surface area contributed by atoms with Crippen LogP contribution in [0.5, 0.6) is 0 Å². The lowest BCUT2D eigenvalue weighted by Gasteiger charge is -2.39. The van der Waals surface area contributed by atoms with Gasteiger partial charge in [-0.2, -0.15) is 8.42 Å². The van der Waals surface area contributed by atoms with Crippen LogP contribution in [0.25, 0.3) is 0 Å². The molecule has 26 heavy (non-hydrogen) atoms. The summed E-state index contributed by atoms with van der Waals surface area (Å²) in [5, 5.41) is 43.1. The molecule has 0 aromatic carbocycles. The molecule has 0 amide bonds. The number of ether oxygens (including phenoxy) is 1. The van der Waals surface area contributed by atoms with E-state index in [9.17, 15) is 32.5 Å². The molecule has 11 nitrogen and oxygen atoms in total. The molecule has 152 valence electrons. The zero-order chi connectivity index (χ0) is 19.9. The molecule has 1 aliphatic heterocycles. The zero-order valence-corrected chi connectivity index (χ0v) is 16.0. The van der Waals surface area contributed by atoms with E-state index in [1.54, 1.807) is 0 Å². The topological polar surface area (TPSA) is 186 Å². The maximum atomic E-state index is 11.0. The van der Waals surface area contributed by atoms with Gasteiger partial charge in [0.2, 0.25) is 0 Å². The van der Waals surface area contributed by atoms with Crippen molar-refractivity contribution < 1.29 is 46.6 Å². The summed E-state index contributed by atoms with van der Waals surface area (Å²) in [7, 11) is -6.29. The van der Waals surface area contributed by atoms with Crippen molar-refractivity contribution in [2.24, 2.45) is 5.16 Å². The second kappa shape index (κ2) is 10.7. The van der Waals surface area contributed by atoms with Gasteiger partial charge in [0.05, 0.1) is 6.61 Å². The van der Waals surface area contributed by atoms with Crippen molar-refractivity contribution >= 4 is 38.0 Å². The molecule has 1 saturated heterocycles. The second-order valence-electron chi connectivity index (χ2n) is 5.19. The van der Waals surface area contributed by atoms with E-state index in [0.29, 0.717) is 11.8 Å². The SMILES string of the molecule is C[S@@](=O)/C=C/CC/C(=N/OS(=O)(=O)[O-])S[C@@H]1OC(CO)[C@@H](O)[C@H](O)C1O. The number of aliphatic hydroxyl groups excluding tert-OH is 4. The van der Waals surface area contributed by atoms with E-state index >= 15 is 0 Å². The van der Waals surface area contributed by atoms with Crippen molar-refractivity contribution in [3.63, 3.8) is 0 Å². The molecule has 1 heterocycles. The quantitative estimate of drug-likeness (QED) is 0.109. The number of aliphatic hydroxyl groups is 4. The fourth-order valence-corrected chi connectivity index (χ4v) is 3.64. The van der Waals surface area contributed by atoms with Gasteiger partial charge in [-0.1, -0.05) is 23.0 Å². The van der Waals surface area contributed by atoms with Crippen LogP contribution in [-0.2, 0) is 30.2 Å². The van der Waals surface area contributed by atoms with Gasteiger partial charge in [-0.3, -0.25) is 8.49 Å². The highest BCUT2D eigenvalue weighted by molar-refractivity contribution is 8.14. The van der Waals surface area contributed by atoms with Crippen molar-refractivity contribution in [2.45, 2.75) is 42.7 Å². The van der Waals surface area contributed by atoms with E-state index in [1.165, 1.54) is 17.7 Å². The Kier molecular flexibility index (Phi) is 9.63. The first-order valence-corrected chi connectivity index (χ1v) is 11.1. The number of allylic oxidation sites excluding steroid dienone is 1. The van der Waals surface area contributed by atoms with Crippen molar-refractivity contribution in [3.05, 3.63) is 11.5 Å². The molecule has 1 rings (SSSR count). The molecule has 0 aromatic rings. The smallest absolute Gasteiger partial charge is 0.284 e. The minimum Gasteiger partial charge on any atom is -0.714 e. The fraction of sp³-hybridized carbons (Fsp3) is 0.750. The lowest BCUT2D eigenvalue weighted by molar-refractivity contribution is -0.205. The van der Waals surface area contributed by atoms with Crippen LogP contribution in [0.15, 0.2) is 16.6 Å². The average Bonchev–Trinajstić information content (AvgIpc) is 2.55. The lowest BCUT2D eigenvalue weighted by atomic mass is 10.0. The Morgan fingerprint density at radius 3 is 2.54 bits per heavy atom. The molecule has 0 aromatic heterocycles. The predicted molar refractivity (Wildman–Crippen MR) is 92.0 cm³/mol. The van der Waals surface area contributed by atoms with E-state index in [0.717, 1.165) is 0 Å². The molecule has 0 aliphatic carbocycles. The summed E-state index contributed by atoms with van der Waals surface area (Å²) >= 11 is 0.656. The van der Waals surface area contributed by atoms with E-state index in [1.807, 2.05) is 0 Å². The summed E-state index contributed by atoms with van der Waals surface area (Å²) in [6, 6.07) is 0. The largest absolute Gasteiger partial charge is 0.714 e. The maximum Gasteiger partial charge on any atom is 0.284 e. The average molecular weight is 434 g/mol. The molecule has 4 N–H and O–H groups in total. The molecule has 2 unspecified atom stereocenters. The van der Waals surface area contributed by atoms with E-state index in [4.69, 9.17) is 9.84 Å². The number of hydrogen-bond acceptors (Lipinski definition) is 12. The number of nitrogens with zero attached hydrogens (tertiary/aromatic N) is 1. The van der Waals surface area contributed by atoms with Crippen molar-refractivity contribution in [3.8, 4) is 0 Å². The Labute approximate surface area is 157 Å². The lowest BCUT2D eigenvalue weighted by Crippen LogP contribution is -2.57. The van der Waals surface area contributed by atoms with Gasteiger partial charge >= 0.3 is 0 Å². The minimum atomic E-state index is -5.10. The molecule has 1 aliphatic rings. The highest BCUT2D eigenvalue weighted by atomic mass is 32.3. The first-order valence-electron chi connectivity index (χ1n) is 7.22.